The number of carbonyl (C=O) groups excluding carboxylic acids is 1. The number of hydrogen-bond donors (Lipinski definition) is 1. The minimum absolute atomic E-state index is 0.00544. The predicted octanol–water partition coefficient (Wildman–Crippen LogP) is 4.13. The number of hydrogen-bond acceptors (Lipinski definition) is 2. The lowest BCUT2D eigenvalue weighted by atomic mass is 9.69. The number of aliphatic hydroxyl groups is 1. The molecule has 0 radical (unpaired) electrons. The van der Waals surface area contributed by atoms with E-state index >= 15 is 0 Å². The summed E-state index contributed by atoms with van der Waals surface area (Å²) in [6, 6.07) is 0. The maximum atomic E-state index is 13.0. The smallest absolute Gasteiger partial charge is 0.162 e. The van der Waals surface area contributed by atoms with Gasteiger partial charge in [-0.15, -0.1) is 0 Å². The maximum Gasteiger partial charge on any atom is 0.162 e. The summed E-state index contributed by atoms with van der Waals surface area (Å²) >= 11 is 0. The zero-order chi connectivity index (χ0) is 15.5. The Bertz CT molecular complexity index is 460. The molecule has 0 aromatic rings. The Morgan fingerprint density at radius 1 is 1.20 bits per heavy atom. The van der Waals surface area contributed by atoms with Crippen LogP contribution in [0.2, 0.25) is 0 Å². The van der Waals surface area contributed by atoms with Gasteiger partial charge < -0.3 is 5.11 Å². The molecule has 20 heavy (non-hydrogen) atoms. The molecule has 0 amide bonds. The van der Waals surface area contributed by atoms with Crippen LogP contribution in [-0.2, 0) is 4.79 Å². The van der Waals surface area contributed by atoms with Crippen LogP contribution in [0.1, 0.15) is 67.7 Å². The molecule has 0 fully saturated rings. The summed E-state index contributed by atoms with van der Waals surface area (Å²) in [7, 11) is 0. The van der Waals surface area contributed by atoms with Gasteiger partial charge in [0, 0.05) is 11.5 Å². The van der Waals surface area contributed by atoms with Gasteiger partial charge in [-0.1, -0.05) is 40.2 Å². The van der Waals surface area contributed by atoms with Crippen LogP contribution in [0.3, 0.4) is 0 Å². The fraction of sp³-hybridized carbons (Fsp3) is 0.833. The first-order chi connectivity index (χ1) is 8.89. The van der Waals surface area contributed by atoms with Crippen molar-refractivity contribution in [3.63, 3.8) is 0 Å². The van der Waals surface area contributed by atoms with E-state index in [-0.39, 0.29) is 16.7 Å². The van der Waals surface area contributed by atoms with E-state index in [1.807, 2.05) is 0 Å². The van der Waals surface area contributed by atoms with Crippen molar-refractivity contribution in [2.24, 2.45) is 22.7 Å². The van der Waals surface area contributed by atoms with Crippen molar-refractivity contribution in [1.82, 2.24) is 0 Å². The number of Topliss-reactive ketones (excluding diaryl/α,β-unsaturated/α-hetero) is 1. The monoisotopic (exact) mass is 278 g/mol. The molecule has 0 aromatic carbocycles. The SMILES string of the molecule is CC1C(C)(C)C2=C(C(=O)C(CC(C)(C)O)CC2)C1(C)C. The molecule has 0 bridgehead atoms. The van der Waals surface area contributed by atoms with Gasteiger partial charge >= 0.3 is 0 Å². The quantitative estimate of drug-likeness (QED) is 0.824. The van der Waals surface area contributed by atoms with Crippen molar-refractivity contribution < 1.29 is 9.90 Å². The highest BCUT2D eigenvalue weighted by atomic mass is 16.3. The van der Waals surface area contributed by atoms with Crippen molar-refractivity contribution in [3.8, 4) is 0 Å². The van der Waals surface area contributed by atoms with Gasteiger partial charge in [0.1, 0.15) is 0 Å². The fourth-order valence-electron chi connectivity index (χ4n) is 4.46. The van der Waals surface area contributed by atoms with Crippen LogP contribution in [0.5, 0.6) is 0 Å². The molecule has 2 heteroatoms. The molecule has 2 aliphatic rings. The lowest BCUT2D eigenvalue weighted by Gasteiger charge is -2.34. The van der Waals surface area contributed by atoms with E-state index in [0.717, 1.165) is 18.4 Å². The summed E-state index contributed by atoms with van der Waals surface area (Å²) in [6.45, 7) is 14.9. The van der Waals surface area contributed by atoms with Crippen LogP contribution < -0.4 is 0 Å². The lowest BCUT2D eigenvalue weighted by molar-refractivity contribution is -0.123. The number of ketones is 1. The Balaban J connectivity index is 2.40. The van der Waals surface area contributed by atoms with Crippen molar-refractivity contribution in [3.05, 3.63) is 11.1 Å². The van der Waals surface area contributed by atoms with E-state index < -0.39 is 5.60 Å². The van der Waals surface area contributed by atoms with E-state index in [4.69, 9.17) is 0 Å². The van der Waals surface area contributed by atoms with Gasteiger partial charge in [0.05, 0.1) is 5.60 Å². The minimum atomic E-state index is -0.762. The van der Waals surface area contributed by atoms with Gasteiger partial charge in [-0.2, -0.15) is 0 Å². The molecule has 0 spiro atoms. The molecule has 2 unspecified atom stereocenters. The van der Waals surface area contributed by atoms with Crippen LogP contribution in [0, 0.1) is 22.7 Å². The third-order valence-electron chi connectivity index (χ3n) is 5.99. The molecule has 2 nitrogen and oxygen atoms in total. The van der Waals surface area contributed by atoms with Crippen molar-refractivity contribution in [1.29, 1.82) is 0 Å². The van der Waals surface area contributed by atoms with Gasteiger partial charge in [0.25, 0.3) is 0 Å². The van der Waals surface area contributed by atoms with Crippen LogP contribution in [0.25, 0.3) is 0 Å². The Kier molecular flexibility index (Phi) is 3.49. The van der Waals surface area contributed by atoms with Crippen molar-refractivity contribution >= 4 is 5.78 Å². The summed E-state index contributed by atoms with van der Waals surface area (Å²) in [6.07, 6.45) is 2.49. The van der Waals surface area contributed by atoms with E-state index in [2.05, 4.69) is 34.6 Å². The lowest BCUT2D eigenvalue weighted by Crippen LogP contribution is -2.34. The Labute approximate surface area is 123 Å². The summed E-state index contributed by atoms with van der Waals surface area (Å²) < 4.78 is 0. The number of carbonyl (C=O) groups is 1. The first-order valence-electron chi connectivity index (χ1n) is 7.89. The molecule has 1 N–H and O–H groups in total. The second-order valence-corrected chi connectivity index (χ2v) is 8.64. The zero-order valence-corrected chi connectivity index (χ0v) is 14.1. The molecule has 2 atom stereocenters. The molecular weight excluding hydrogens is 248 g/mol. The average molecular weight is 278 g/mol. The predicted molar refractivity (Wildman–Crippen MR) is 82.4 cm³/mol. The Morgan fingerprint density at radius 3 is 2.25 bits per heavy atom. The second-order valence-electron chi connectivity index (χ2n) is 8.64. The van der Waals surface area contributed by atoms with E-state index in [1.54, 1.807) is 13.8 Å². The van der Waals surface area contributed by atoms with E-state index in [9.17, 15) is 9.90 Å². The van der Waals surface area contributed by atoms with Gasteiger partial charge in [-0.3, -0.25) is 4.79 Å². The van der Waals surface area contributed by atoms with Crippen LogP contribution in [-0.4, -0.2) is 16.5 Å². The maximum absolute atomic E-state index is 13.0. The van der Waals surface area contributed by atoms with Crippen LogP contribution in [0.15, 0.2) is 11.1 Å². The summed E-state index contributed by atoms with van der Waals surface area (Å²) in [4.78, 5) is 13.0. The molecule has 0 saturated heterocycles. The zero-order valence-electron chi connectivity index (χ0n) is 14.1. The fourth-order valence-corrected chi connectivity index (χ4v) is 4.46. The minimum Gasteiger partial charge on any atom is -0.390 e. The normalized spacial score (nSPS) is 32.5. The molecule has 0 aliphatic heterocycles. The largest absolute Gasteiger partial charge is 0.390 e. The van der Waals surface area contributed by atoms with E-state index in [0.29, 0.717) is 18.1 Å². The molecule has 0 heterocycles. The van der Waals surface area contributed by atoms with Crippen molar-refractivity contribution in [2.45, 2.75) is 73.3 Å². The Hall–Kier alpha value is -0.630. The number of allylic oxidation sites excluding steroid dienone is 2. The van der Waals surface area contributed by atoms with Crippen LogP contribution >= 0.6 is 0 Å². The third kappa shape index (κ3) is 2.26. The third-order valence-corrected chi connectivity index (χ3v) is 5.99. The van der Waals surface area contributed by atoms with Gasteiger partial charge in [-0.25, -0.2) is 0 Å². The summed E-state index contributed by atoms with van der Waals surface area (Å²) in [5, 5.41) is 10.0. The highest BCUT2D eigenvalue weighted by molar-refractivity contribution is 6.01. The molecule has 0 aromatic heterocycles. The summed E-state index contributed by atoms with van der Waals surface area (Å²) in [5.41, 5.74) is 1.77. The van der Waals surface area contributed by atoms with Gasteiger partial charge in [-0.05, 0) is 49.9 Å². The molecular formula is C18H30O2. The second kappa shape index (κ2) is 4.43. The Morgan fingerprint density at radius 2 is 1.75 bits per heavy atom. The van der Waals surface area contributed by atoms with Crippen molar-refractivity contribution in [2.75, 3.05) is 0 Å². The van der Waals surface area contributed by atoms with Crippen LogP contribution in [0.4, 0.5) is 0 Å². The highest BCUT2D eigenvalue weighted by Gasteiger charge is 2.54. The average Bonchev–Trinajstić information content (AvgIpc) is 2.40. The first kappa shape index (κ1) is 15.8. The van der Waals surface area contributed by atoms with E-state index in [1.165, 1.54) is 5.57 Å². The highest BCUT2D eigenvalue weighted by Crippen LogP contribution is 2.60. The standard InChI is InChI=1S/C18H30O2/c1-11-17(4,5)13-9-8-12(10-16(2,3)20)15(19)14(13)18(11,6)7/h11-12,20H,8-10H2,1-7H3. The summed E-state index contributed by atoms with van der Waals surface area (Å²) in [5.74, 6) is 0.773. The number of rotatable bonds is 2. The molecule has 0 saturated carbocycles. The molecule has 114 valence electrons. The van der Waals surface area contributed by atoms with Gasteiger partial charge in [0.2, 0.25) is 0 Å². The molecule has 2 aliphatic carbocycles. The first-order valence-corrected chi connectivity index (χ1v) is 7.89. The topological polar surface area (TPSA) is 37.3 Å². The molecule has 2 rings (SSSR count). The van der Waals surface area contributed by atoms with Gasteiger partial charge in [0.15, 0.2) is 5.78 Å².